The standard InChI is InChI=1S/C21H19N3O3/c1-12(13-3-4-15-10-17(27-2)7-5-14(15)9-13)20-22-18-8-6-16(21(25)24-26)11-19(18)23-20/h3-12,26H,1-2H3,(H,22,23)(H,24,25). The van der Waals surface area contributed by atoms with E-state index < -0.39 is 5.91 Å². The summed E-state index contributed by atoms with van der Waals surface area (Å²) in [6.07, 6.45) is 0. The van der Waals surface area contributed by atoms with Gasteiger partial charge in [0.1, 0.15) is 11.6 Å². The minimum Gasteiger partial charge on any atom is -0.497 e. The maximum Gasteiger partial charge on any atom is 0.274 e. The fourth-order valence-electron chi connectivity index (χ4n) is 3.24. The van der Waals surface area contributed by atoms with Gasteiger partial charge >= 0.3 is 0 Å². The number of nitrogens with zero attached hydrogens (tertiary/aromatic N) is 1. The predicted molar refractivity (Wildman–Crippen MR) is 103 cm³/mol. The van der Waals surface area contributed by atoms with Crippen LogP contribution in [-0.4, -0.2) is 28.2 Å². The number of aromatic amines is 1. The second kappa shape index (κ2) is 6.74. The Bertz CT molecular complexity index is 1150. The summed E-state index contributed by atoms with van der Waals surface area (Å²) in [5.74, 6) is 1.16. The molecule has 6 nitrogen and oxygen atoms in total. The van der Waals surface area contributed by atoms with Crippen LogP contribution in [0, 0.1) is 0 Å². The summed E-state index contributed by atoms with van der Waals surface area (Å²) in [7, 11) is 1.66. The lowest BCUT2D eigenvalue weighted by Gasteiger charge is -2.11. The normalized spacial score (nSPS) is 12.3. The van der Waals surface area contributed by atoms with E-state index >= 15 is 0 Å². The van der Waals surface area contributed by atoms with Crippen LogP contribution in [0.25, 0.3) is 21.8 Å². The number of carbonyl (C=O) groups excluding carboxylic acids is 1. The summed E-state index contributed by atoms with van der Waals surface area (Å²) in [6, 6.07) is 17.4. The molecule has 3 N–H and O–H groups in total. The fraction of sp³-hybridized carbons (Fsp3) is 0.143. The van der Waals surface area contributed by atoms with Crippen LogP contribution in [0.4, 0.5) is 0 Å². The molecule has 3 aromatic carbocycles. The number of benzene rings is 3. The first-order valence-corrected chi connectivity index (χ1v) is 8.61. The van der Waals surface area contributed by atoms with E-state index in [-0.39, 0.29) is 5.92 Å². The van der Waals surface area contributed by atoms with Crippen molar-refractivity contribution in [3.63, 3.8) is 0 Å². The molecule has 0 aliphatic heterocycles. The molecule has 4 aromatic rings. The minimum absolute atomic E-state index is 0.0546. The van der Waals surface area contributed by atoms with Crippen molar-refractivity contribution in [2.24, 2.45) is 0 Å². The van der Waals surface area contributed by atoms with Crippen LogP contribution >= 0.6 is 0 Å². The van der Waals surface area contributed by atoms with Crippen LogP contribution in [0.2, 0.25) is 0 Å². The first-order chi connectivity index (χ1) is 13.1. The van der Waals surface area contributed by atoms with Gasteiger partial charge in [-0.1, -0.05) is 31.2 Å². The number of carbonyl (C=O) groups is 1. The van der Waals surface area contributed by atoms with Gasteiger partial charge in [0, 0.05) is 11.5 Å². The molecule has 0 aliphatic rings. The lowest BCUT2D eigenvalue weighted by atomic mass is 9.97. The highest BCUT2D eigenvalue weighted by Gasteiger charge is 2.15. The van der Waals surface area contributed by atoms with Gasteiger partial charge in [-0.15, -0.1) is 0 Å². The number of fused-ring (bicyclic) bond motifs is 2. The number of amides is 1. The molecule has 0 spiro atoms. The van der Waals surface area contributed by atoms with Gasteiger partial charge in [-0.25, -0.2) is 10.5 Å². The zero-order valence-corrected chi connectivity index (χ0v) is 15.0. The monoisotopic (exact) mass is 361 g/mol. The van der Waals surface area contributed by atoms with Gasteiger partial charge in [0.05, 0.1) is 18.1 Å². The van der Waals surface area contributed by atoms with Crippen LogP contribution < -0.4 is 10.2 Å². The zero-order valence-electron chi connectivity index (χ0n) is 15.0. The molecule has 0 aliphatic carbocycles. The molecule has 0 saturated heterocycles. The third kappa shape index (κ3) is 3.11. The predicted octanol–water partition coefficient (Wildman–Crippen LogP) is 4.00. The molecule has 1 heterocycles. The van der Waals surface area contributed by atoms with Gasteiger partial charge in [-0.05, 0) is 46.7 Å². The van der Waals surface area contributed by atoms with Gasteiger partial charge in [-0.2, -0.15) is 0 Å². The molecule has 1 unspecified atom stereocenters. The highest BCUT2D eigenvalue weighted by molar-refractivity contribution is 5.96. The van der Waals surface area contributed by atoms with Gasteiger partial charge in [0.2, 0.25) is 0 Å². The van der Waals surface area contributed by atoms with Crippen LogP contribution in [0.15, 0.2) is 54.6 Å². The van der Waals surface area contributed by atoms with Crippen LogP contribution in [0.1, 0.15) is 34.6 Å². The summed E-state index contributed by atoms with van der Waals surface area (Å²) in [5, 5.41) is 11.0. The summed E-state index contributed by atoms with van der Waals surface area (Å²) >= 11 is 0. The van der Waals surface area contributed by atoms with Crippen molar-refractivity contribution in [3.05, 3.63) is 71.5 Å². The maximum atomic E-state index is 11.6. The van der Waals surface area contributed by atoms with Gasteiger partial charge < -0.3 is 9.72 Å². The van der Waals surface area contributed by atoms with Crippen LogP contribution in [0.3, 0.4) is 0 Å². The van der Waals surface area contributed by atoms with Crippen LogP contribution in [-0.2, 0) is 0 Å². The number of imidazole rings is 1. The van der Waals surface area contributed by atoms with Crippen molar-refractivity contribution >= 4 is 27.7 Å². The van der Waals surface area contributed by atoms with E-state index in [1.165, 1.54) is 0 Å². The quantitative estimate of drug-likeness (QED) is 0.379. The Morgan fingerprint density at radius 1 is 1.11 bits per heavy atom. The summed E-state index contributed by atoms with van der Waals surface area (Å²) in [4.78, 5) is 19.5. The molecule has 0 radical (unpaired) electrons. The Morgan fingerprint density at radius 3 is 2.67 bits per heavy atom. The number of ether oxygens (including phenoxy) is 1. The van der Waals surface area contributed by atoms with Crippen LogP contribution in [0.5, 0.6) is 5.75 Å². The maximum absolute atomic E-state index is 11.6. The lowest BCUT2D eigenvalue weighted by molar-refractivity contribution is 0.0706. The molecule has 0 bridgehead atoms. The first kappa shape index (κ1) is 17.1. The second-order valence-corrected chi connectivity index (χ2v) is 6.49. The number of hydrogen-bond donors (Lipinski definition) is 3. The van der Waals surface area contributed by atoms with E-state index in [1.807, 2.05) is 18.2 Å². The van der Waals surface area contributed by atoms with Gasteiger partial charge in [0.25, 0.3) is 5.91 Å². The van der Waals surface area contributed by atoms with Crippen molar-refractivity contribution in [1.82, 2.24) is 15.4 Å². The van der Waals surface area contributed by atoms with Gasteiger partial charge in [0.15, 0.2) is 0 Å². The zero-order chi connectivity index (χ0) is 19.0. The Kier molecular flexibility index (Phi) is 4.25. The van der Waals surface area contributed by atoms with Crippen molar-refractivity contribution in [2.75, 3.05) is 7.11 Å². The summed E-state index contributed by atoms with van der Waals surface area (Å²) in [6.45, 7) is 2.09. The molecule has 1 atom stereocenters. The molecule has 1 aromatic heterocycles. The third-order valence-corrected chi connectivity index (χ3v) is 4.85. The molecule has 1 amide bonds. The van der Waals surface area contributed by atoms with Crippen molar-refractivity contribution < 1.29 is 14.7 Å². The largest absolute Gasteiger partial charge is 0.497 e. The summed E-state index contributed by atoms with van der Waals surface area (Å²) < 4.78 is 5.28. The molecular weight excluding hydrogens is 342 g/mol. The molecular formula is C21H19N3O3. The molecule has 4 rings (SSSR count). The van der Waals surface area contributed by atoms with E-state index in [2.05, 4.69) is 35.1 Å². The van der Waals surface area contributed by atoms with Crippen molar-refractivity contribution in [1.29, 1.82) is 0 Å². The minimum atomic E-state index is -0.550. The Labute approximate surface area is 155 Å². The smallest absolute Gasteiger partial charge is 0.274 e. The topological polar surface area (TPSA) is 87.2 Å². The fourth-order valence-corrected chi connectivity index (χ4v) is 3.24. The Balaban J connectivity index is 1.70. The Hall–Kier alpha value is -3.38. The van der Waals surface area contributed by atoms with E-state index in [9.17, 15) is 4.79 Å². The molecule has 6 heteroatoms. The number of H-pyrrole nitrogens is 1. The van der Waals surface area contributed by atoms with E-state index in [0.717, 1.165) is 38.9 Å². The average molecular weight is 361 g/mol. The molecule has 136 valence electrons. The third-order valence-electron chi connectivity index (χ3n) is 4.85. The SMILES string of the molecule is COc1ccc2cc(C(C)c3nc4ccc(C(=O)NO)cc4[nH]3)ccc2c1. The highest BCUT2D eigenvalue weighted by atomic mass is 16.5. The van der Waals surface area contributed by atoms with Crippen molar-refractivity contribution in [3.8, 4) is 5.75 Å². The number of methoxy groups -OCH3 is 1. The highest BCUT2D eigenvalue weighted by Crippen LogP contribution is 2.29. The number of nitrogens with one attached hydrogen (secondary N) is 2. The van der Waals surface area contributed by atoms with Crippen molar-refractivity contribution in [2.45, 2.75) is 12.8 Å². The lowest BCUT2D eigenvalue weighted by Crippen LogP contribution is -2.18. The van der Waals surface area contributed by atoms with E-state index in [4.69, 9.17) is 9.94 Å². The average Bonchev–Trinajstić information content (AvgIpc) is 3.15. The summed E-state index contributed by atoms with van der Waals surface area (Å²) in [5.41, 5.74) is 4.68. The number of aromatic nitrogens is 2. The number of hydrogen-bond acceptors (Lipinski definition) is 4. The molecule has 0 saturated carbocycles. The Morgan fingerprint density at radius 2 is 1.89 bits per heavy atom. The van der Waals surface area contributed by atoms with E-state index in [0.29, 0.717) is 5.56 Å². The van der Waals surface area contributed by atoms with E-state index in [1.54, 1.807) is 30.8 Å². The second-order valence-electron chi connectivity index (χ2n) is 6.49. The number of hydroxylamine groups is 1. The number of rotatable bonds is 4. The van der Waals surface area contributed by atoms with Gasteiger partial charge in [-0.3, -0.25) is 10.0 Å². The molecule has 0 fully saturated rings. The first-order valence-electron chi connectivity index (χ1n) is 8.61. The molecule has 27 heavy (non-hydrogen) atoms.